The fourth-order valence-corrected chi connectivity index (χ4v) is 1.89. The van der Waals surface area contributed by atoms with E-state index in [1.54, 1.807) is 0 Å². The SMILES string of the molecule is C=CC1CC=CC(CCC)/C(=C\C)N1. The first-order valence-corrected chi connectivity index (χ1v) is 5.53. The van der Waals surface area contributed by atoms with E-state index >= 15 is 0 Å². The Hall–Kier alpha value is -0.980. The number of hydrogen-bond donors (Lipinski definition) is 1. The molecule has 1 N–H and O–H groups in total. The van der Waals surface area contributed by atoms with Crippen molar-refractivity contribution >= 4 is 0 Å². The third kappa shape index (κ3) is 2.76. The molecule has 2 atom stereocenters. The lowest BCUT2D eigenvalue weighted by molar-refractivity contribution is 0.582. The highest BCUT2D eigenvalue weighted by atomic mass is 14.9. The van der Waals surface area contributed by atoms with Crippen LogP contribution in [0.2, 0.25) is 0 Å². The van der Waals surface area contributed by atoms with Gasteiger partial charge >= 0.3 is 0 Å². The van der Waals surface area contributed by atoms with Gasteiger partial charge in [-0.1, -0.05) is 37.6 Å². The van der Waals surface area contributed by atoms with Gasteiger partial charge in [-0.05, 0) is 19.8 Å². The molecule has 78 valence electrons. The van der Waals surface area contributed by atoms with Crippen LogP contribution in [0.4, 0.5) is 0 Å². The summed E-state index contributed by atoms with van der Waals surface area (Å²) < 4.78 is 0. The Labute approximate surface area is 87.6 Å². The lowest BCUT2D eigenvalue weighted by Gasteiger charge is -2.19. The maximum Gasteiger partial charge on any atom is 0.0473 e. The first-order chi connectivity index (χ1) is 6.81. The molecule has 1 nitrogen and oxygen atoms in total. The molecular formula is C13H21N. The molecule has 14 heavy (non-hydrogen) atoms. The predicted octanol–water partition coefficient (Wildman–Crippen LogP) is 3.41. The van der Waals surface area contributed by atoms with Crippen molar-refractivity contribution in [3.63, 3.8) is 0 Å². The number of nitrogens with one attached hydrogen (secondary N) is 1. The van der Waals surface area contributed by atoms with Gasteiger partial charge in [-0.3, -0.25) is 0 Å². The first-order valence-electron chi connectivity index (χ1n) is 5.53. The molecule has 0 fully saturated rings. The Morgan fingerprint density at radius 3 is 3.00 bits per heavy atom. The Morgan fingerprint density at radius 2 is 2.43 bits per heavy atom. The standard InChI is InChI=1S/C13H21N/c1-4-8-11-9-7-10-12(5-2)14-13(11)6-3/h5-7,9,11-12,14H,2,4,8,10H2,1,3H3/b13-6+. The van der Waals surface area contributed by atoms with Crippen LogP contribution < -0.4 is 5.32 Å². The second-order valence-corrected chi connectivity index (χ2v) is 3.79. The quantitative estimate of drug-likeness (QED) is 0.674. The van der Waals surface area contributed by atoms with Crippen LogP contribution >= 0.6 is 0 Å². The van der Waals surface area contributed by atoms with Gasteiger partial charge in [0.2, 0.25) is 0 Å². The van der Waals surface area contributed by atoms with Crippen molar-refractivity contribution in [3.05, 3.63) is 36.6 Å². The van der Waals surface area contributed by atoms with Crippen LogP contribution in [0.5, 0.6) is 0 Å². The molecule has 1 aliphatic heterocycles. The van der Waals surface area contributed by atoms with E-state index in [-0.39, 0.29) is 0 Å². The zero-order valence-corrected chi connectivity index (χ0v) is 9.29. The zero-order valence-electron chi connectivity index (χ0n) is 9.29. The fourth-order valence-electron chi connectivity index (χ4n) is 1.89. The van der Waals surface area contributed by atoms with E-state index in [0.29, 0.717) is 12.0 Å². The lowest BCUT2D eigenvalue weighted by Crippen LogP contribution is -2.27. The summed E-state index contributed by atoms with van der Waals surface area (Å²) in [7, 11) is 0. The molecule has 0 saturated carbocycles. The second kappa shape index (κ2) is 5.69. The summed E-state index contributed by atoms with van der Waals surface area (Å²) in [5, 5.41) is 3.53. The van der Waals surface area contributed by atoms with E-state index in [1.807, 2.05) is 6.08 Å². The topological polar surface area (TPSA) is 12.0 Å². The van der Waals surface area contributed by atoms with Gasteiger partial charge < -0.3 is 5.32 Å². The molecule has 1 aliphatic rings. The van der Waals surface area contributed by atoms with Crippen molar-refractivity contribution in [1.29, 1.82) is 0 Å². The summed E-state index contributed by atoms with van der Waals surface area (Å²) in [5.41, 5.74) is 1.35. The molecule has 2 unspecified atom stereocenters. The largest absolute Gasteiger partial charge is 0.382 e. The average Bonchev–Trinajstić information content (AvgIpc) is 2.40. The average molecular weight is 191 g/mol. The van der Waals surface area contributed by atoms with Crippen LogP contribution in [-0.4, -0.2) is 6.04 Å². The van der Waals surface area contributed by atoms with Crippen molar-refractivity contribution in [2.24, 2.45) is 5.92 Å². The normalized spacial score (nSPS) is 29.7. The van der Waals surface area contributed by atoms with E-state index in [1.165, 1.54) is 18.5 Å². The molecule has 0 bridgehead atoms. The lowest BCUT2D eigenvalue weighted by atomic mass is 9.99. The van der Waals surface area contributed by atoms with E-state index in [4.69, 9.17) is 0 Å². The minimum absolute atomic E-state index is 0.402. The molecule has 1 heterocycles. The van der Waals surface area contributed by atoms with Crippen LogP contribution in [0, 0.1) is 5.92 Å². The van der Waals surface area contributed by atoms with Gasteiger partial charge in [-0.15, -0.1) is 6.58 Å². The van der Waals surface area contributed by atoms with E-state index < -0.39 is 0 Å². The molecule has 0 aliphatic carbocycles. The Morgan fingerprint density at radius 1 is 1.64 bits per heavy atom. The number of allylic oxidation sites excluding steroid dienone is 2. The highest BCUT2D eigenvalue weighted by Crippen LogP contribution is 2.21. The van der Waals surface area contributed by atoms with Crippen molar-refractivity contribution in [3.8, 4) is 0 Å². The summed E-state index contributed by atoms with van der Waals surface area (Å²) in [5.74, 6) is 0.579. The van der Waals surface area contributed by atoms with Crippen molar-refractivity contribution in [2.45, 2.75) is 39.2 Å². The molecule has 0 saturated heterocycles. The van der Waals surface area contributed by atoms with Crippen molar-refractivity contribution in [1.82, 2.24) is 5.32 Å². The minimum Gasteiger partial charge on any atom is -0.382 e. The molecule has 1 heteroatoms. The molecule has 0 radical (unpaired) electrons. The van der Waals surface area contributed by atoms with Crippen molar-refractivity contribution in [2.75, 3.05) is 0 Å². The van der Waals surface area contributed by atoms with Gasteiger partial charge in [0.15, 0.2) is 0 Å². The van der Waals surface area contributed by atoms with Crippen LogP contribution in [0.3, 0.4) is 0 Å². The molecule has 0 aromatic heterocycles. The van der Waals surface area contributed by atoms with Crippen LogP contribution in [-0.2, 0) is 0 Å². The molecule has 1 rings (SSSR count). The summed E-state index contributed by atoms with van der Waals surface area (Å²) in [4.78, 5) is 0. The maximum absolute atomic E-state index is 3.84. The summed E-state index contributed by atoms with van der Waals surface area (Å²) in [6.45, 7) is 8.18. The second-order valence-electron chi connectivity index (χ2n) is 3.79. The highest BCUT2D eigenvalue weighted by molar-refractivity contribution is 5.17. The van der Waals surface area contributed by atoms with Crippen LogP contribution in [0.25, 0.3) is 0 Å². The van der Waals surface area contributed by atoms with Gasteiger partial charge in [0.1, 0.15) is 0 Å². The number of hydrogen-bond acceptors (Lipinski definition) is 1. The predicted molar refractivity (Wildman–Crippen MR) is 63.0 cm³/mol. The van der Waals surface area contributed by atoms with Gasteiger partial charge in [0.05, 0.1) is 0 Å². The summed E-state index contributed by atoms with van der Waals surface area (Å²) in [6, 6.07) is 0.402. The van der Waals surface area contributed by atoms with Gasteiger partial charge in [-0.2, -0.15) is 0 Å². The van der Waals surface area contributed by atoms with Gasteiger partial charge in [0, 0.05) is 17.7 Å². The zero-order chi connectivity index (χ0) is 10.4. The van der Waals surface area contributed by atoms with Crippen molar-refractivity contribution < 1.29 is 0 Å². The minimum atomic E-state index is 0.402. The Balaban J connectivity index is 2.73. The smallest absolute Gasteiger partial charge is 0.0473 e. The monoisotopic (exact) mass is 191 g/mol. The summed E-state index contributed by atoms with van der Waals surface area (Å²) in [6.07, 6.45) is 12.3. The van der Waals surface area contributed by atoms with Gasteiger partial charge in [-0.25, -0.2) is 0 Å². The van der Waals surface area contributed by atoms with Crippen LogP contribution in [0.15, 0.2) is 36.6 Å². The summed E-state index contributed by atoms with van der Waals surface area (Å²) >= 11 is 0. The molecular weight excluding hydrogens is 170 g/mol. The van der Waals surface area contributed by atoms with E-state index in [9.17, 15) is 0 Å². The van der Waals surface area contributed by atoms with E-state index in [2.05, 4.69) is 44.0 Å². The molecule has 0 aromatic carbocycles. The third-order valence-corrected chi connectivity index (χ3v) is 2.71. The molecule has 0 amide bonds. The molecule has 0 spiro atoms. The highest BCUT2D eigenvalue weighted by Gasteiger charge is 2.15. The molecule has 0 aromatic rings. The Kier molecular flexibility index (Phi) is 4.51. The van der Waals surface area contributed by atoms with Crippen LogP contribution in [0.1, 0.15) is 33.1 Å². The third-order valence-electron chi connectivity index (χ3n) is 2.71. The maximum atomic E-state index is 3.84. The first kappa shape index (κ1) is 11.1. The Bertz CT molecular complexity index is 238. The fraction of sp³-hybridized carbons (Fsp3) is 0.538. The number of rotatable bonds is 3. The van der Waals surface area contributed by atoms with E-state index in [0.717, 1.165) is 6.42 Å². The van der Waals surface area contributed by atoms with Gasteiger partial charge in [0.25, 0.3) is 0 Å².